The van der Waals surface area contributed by atoms with Crippen molar-refractivity contribution in [2.75, 3.05) is 23.3 Å². The molecule has 0 spiro atoms. The molecule has 0 aliphatic rings. The first-order chi connectivity index (χ1) is 7.19. The Morgan fingerprint density at radius 1 is 1.47 bits per heavy atom. The zero-order valence-electron chi connectivity index (χ0n) is 9.13. The van der Waals surface area contributed by atoms with E-state index in [9.17, 15) is 0 Å². The molecule has 15 heavy (non-hydrogen) atoms. The Balaban J connectivity index is 2.81. The molecule has 1 aromatic rings. The average molecular weight is 336 g/mol. The minimum atomic E-state index is 1.00. The Bertz CT molecular complexity index is 315. The van der Waals surface area contributed by atoms with E-state index in [1.807, 2.05) is 6.20 Å². The van der Waals surface area contributed by atoms with Gasteiger partial charge in [-0.3, -0.25) is 0 Å². The number of aromatic nitrogens is 1. The Morgan fingerprint density at radius 2 is 2.20 bits per heavy atom. The van der Waals surface area contributed by atoms with Crippen molar-refractivity contribution in [2.45, 2.75) is 20.3 Å². The van der Waals surface area contributed by atoms with Crippen molar-refractivity contribution in [3.8, 4) is 0 Å². The standard InChI is InChI=1S/C11H16Br2N2/c1-3-15(6-4-5-12)11-9(2)7-10(13)8-14-11/h7-8H,3-6H2,1-2H3. The van der Waals surface area contributed by atoms with Crippen LogP contribution in [0.1, 0.15) is 18.9 Å². The van der Waals surface area contributed by atoms with Crippen molar-refractivity contribution >= 4 is 37.7 Å². The van der Waals surface area contributed by atoms with Crippen molar-refractivity contribution in [1.82, 2.24) is 4.98 Å². The molecular weight excluding hydrogens is 320 g/mol. The normalized spacial score (nSPS) is 10.4. The summed E-state index contributed by atoms with van der Waals surface area (Å²) in [5, 5.41) is 1.04. The maximum absolute atomic E-state index is 4.47. The Hall–Kier alpha value is -0.0900. The van der Waals surface area contributed by atoms with Crippen molar-refractivity contribution in [3.63, 3.8) is 0 Å². The van der Waals surface area contributed by atoms with Crippen molar-refractivity contribution < 1.29 is 0 Å². The van der Waals surface area contributed by atoms with Gasteiger partial charge < -0.3 is 4.90 Å². The van der Waals surface area contributed by atoms with Crippen LogP contribution in [-0.4, -0.2) is 23.4 Å². The lowest BCUT2D eigenvalue weighted by atomic mass is 10.2. The van der Waals surface area contributed by atoms with Gasteiger partial charge in [0.05, 0.1) is 0 Å². The monoisotopic (exact) mass is 334 g/mol. The predicted molar refractivity (Wildman–Crippen MR) is 73.0 cm³/mol. The van der Waals surface area contributed by atoms with Crippen LogP contribution in [0.2, 0.25) is 0 Å². The van der Waals surface area contributed by atoms with Gasteiger partial charge in [0, 0.05) is 29.1 Å². The van der Waals surface area contributed by atoms with Gasteiger partial charge in [0.15, 0.2) is 0 Å². The van der Waals surface area contributed by atoms with Crippen molar-refractivity contribution in [3.05, 3.63) is 22.3 Å². The van der Waals surface area contributed by atoms with Gasteiger partial charge in [-0.1, -0.05) is 15.9 Å². The largest absolute Gasteiger partial charge is 0.357 e. The van der Waals surface area contributed by atoms with Crippen molar-refractivity contribution in [1.29, 1.82) is 0 Å². The molecule has 0 saturated carbocycles. The maximum atomic E-state index is 4.47. The number of alkyl halides is 1. The van der Waals surface area contributed by atoms with Gasteiger partial charge >= 0.3 is 0 Å². The van der Waals surface area contributed by atoms with Crippen LogP contribution in [0.5, 0.6) is 0 Å². The highest BCUT2D eigenvalue weighted by Gasteiger charge is 2.08. The van der Waals surface area contributed by atoms with E-state index in [1.165, 1.54) is 5.56 Å². The number of halogens is 2. The summed E-state index contributed by atoms with van der Waals surface area (Å²) in [6.07, 6.45) is 3.00. The zero-order chi connectivity index (χ0) is 11.3. The van der Waals surface area contributed by atoms with E-state index in [0.29, 0.717) is 0 Å². The second kappa shape index (κ2) is 6.48. The van der Waals surface area contributed by atoms with Crippen LogP contribution in [0.4, 0.5) is 5.82 Å². The van der Waals surface area contributed by atoms with Gasteiger partial charge in [-0.05, 0) is 47.8 Å². The summed E-state index contributed by atoms with van der Waals surface area (Å²) < 4.78 is 1.04. The first-order valence-electron chi connectivity index (χ1n) is 5.12. The molecule has 1 heterocycles. The summed E-state index contributed by atoms with van der Waals surface area (Å²) in [7, 11) is 0. The maximum Gasteiger partial charge on any atom is 0.131 e. The second-order valence-corrected chi connectivity index (χ2v) is 5.12. The zero-order valence-corrected chi connectivity index (χ0v) is 12.3. The Kier molecular flexibility index (Phi) is 5.61. The van der Waals surface area contributed by atoms with E-state index < -0.39 is 0 Å². The number of hydrogen-bond acceptors (Lipinski definition) is 2. The fourth-order valence-corrected chi connectivity index (χ4v) is 2.23. The molecule has 0 unspecified atom stereocenters. The average Bonchev–Trinajstić information content (AvgIpc) is 2.21. The molecule has 84 valence electrons. The second-order valence-electron chi connectivity index (χ2n) is 3.42. The summed E-state index contributed by atoms with van der Waals surface area (Å²) in [6.45, 7) is 6.32. The number of aryl methyl sites for hydroxylation is 1. The lowest BCUT2D eigenvalue weighted by Crippen LogP contribution is -2.26. The van der Waals surface area contributed by atoms with Crippen molar-refractivity contribution in [2.24, 2.45) is 0 Å². The van der Waals surface area contributed by atoms with Crippen LogP contribution in [-0.2, 0) is 0 Å². The number of pyridine rings is 1. The van der Waals surface area contributed by atoms with E-state index in [2.05, 4.69) is 61.7 Å². The Labute approximate surface area is 108 Å². The van der Waals surface area contributed by atoms with E-state index >= 15 is 0 Å². The molecule has 0 atom stereocenters. The fourth-order valence-electron chi connectivity index (χ4n) is 1.53. The highest BCUT2D eigenvalue weighted by atomic mass is 79.9. The Morgan fingerprint density at radius 3 is 2.73 bits per heavy atom. The van der Waals surface area contributed by atoms with E-state index in [0.717, 1.165) is 35.1 Å². The lowest BCUT2D eigenvalue weighted by Gasteiger charge is -2.23. The van der Waals surface area contributed by atoms with Gasteiger partial charge in [0.2, 0.25) is 0 Å². The topological polar surface area (TPSA) is 16.1 Å². The molecule has 0 radical (unpaired) electrons. The van der Waals surface area contributed by atoms with E-state index in [4.69, 9.17) is 0 Å². The quantitative estimate of drug-likeness (QED) is 0.761. The van der Waals surface area contributed by atoms with Gasteiger partial charge in [-0.25, -0.2) is 4.98 Å². The third kappa shape index (κ3) is 3.76. The highest BCUT2D eigenvalue weighted by molar-refractivity contribution is 9.10. The molecule has 1 aromatic heterocycles. The molecule has 0 saturated heterocycles. The molecular formula is C11H16Br2N2. The van der Waals surface area contributed by atoms with Crippen LogP contribution < -0.4 is 4.90 Å². The molecule has 0 amide bonds. The molecule has 0 N–H and O–H groups in total. The molecule has 0 aliphatic carbocycles. The van der Waals surface area contributed by atoms with Crippen LogP contribution in [0.15, 0.2) is 16.7 Å². The molecule has 2 nitrogen and oxygen atoms in total. The number of anilines is 1. The predicted octanol–water partition coefficient (Wildman–Crippen LogP) is 3.76. The van der Waals surface area contributed by atoms with Crippen LogP contribution in [0.25, 0.3) is 0 Å². The number of rotatable bonds is 5. The smallest absolute Gasteiger partial charge is 0.131 e. The van der Waals surface area contributed by atoms with Gasteiger partial charge in [-0.15, -0.1) is 0 Å². The van der Waals surface area contributed by atoms with E-state index in [1.54, 1.807) is 0 Å². The molecule has 4 heteroatoms. The molecule has 0 bridgehead atoms. The summed E-state index contributed by atoms with van der Waals surface area (Å²) in [4.78, 5) is 6.77. The summed E-state index contributed by atoms with van der Waals surface area (Å²) in [6, 6.07) is 2.11. The third-order valence-electron chi connectivity index (χ3n) is 2.26. The van der Waals surface area contributed by atoms with Crippen LogP contribution in [0.3, 0.4) is 0 Å². The van der Waals surface area contributed by atoms with E-state index in [-0.39, 0.29) is 0 Å². The van der Waals surface area contributed by atoms with Crippen LogP contribution in [0, 0.1) is 6.92 Å². The first kappa shape index (κ1) is 13.0. The number of hydrogen-bond donors (Lipinski definition) is 0. The number of nitrogens with zero attached hydrogens (tertiary/aromatic N) is 2. The summed E-state index contributed by atoms with van der Waals surface area (Å²) in [5.41, 5.74) is 1.22. The van der Waals surface area contributed by atoms with Gasteiger partial charge in [-0.2, -0.15) is 0 Å². The van der Waals surface area contributed by atoms with Gasteiger partial charge in [0.1, 0.15) is 5.82 Å². The van der Waals surface area contributed by atoms with Gasteiger partial charge in [0.25, 0.3) is 0 Å². The lowest BCUT2D eigenvalue weighted by molar-refractivity contribution is 0.781. The van der Waals surface area contributed by atoms with Crippen LogP contribution >= 0.6 is 31.9 Å². The fraction of sp³-hybridized carbons (Fsp3) is 0.545. The first-order valence-corrected chi connectivity index (χ1v) is 7.03. The third-order valence-corrected chi connectivity index (χ3v) is 3.25. The minimum Gasteiger partial charge on any atom is -0.357 e. The summed E-state index contributed by atoms with van der Waals surface area (Å²) in [5.74, 6) is 1.10. The molecule has 1 rings (SSSR count). The molecule has 0 aromatic carbocycles. The molecule has 0 fully saturated rings. The summed E-state index contributed by atoms with van der Waals surface area (Å²) >= 11 is 6.89. The highest BCUT2D eigenvalue weighted by Crippen LogP contribution is 2.20. The minimum absolute atomic E-state index is 1.00. The molecule has 0 aliphatic heterocycles. The SMILES string of the molecule is CCN(CCCBr)c1ncc(Br)cc1C.